The zero-order valence-corrected chi connectivity index (χ0v) is 16.9. The van der Waals surface area contributed by atoms with Crippen LogP contribution in [0.5, 0.6) is 0 Å². The average molecular weight is 415 g/mol. The van der Waals surface area contributed by atoms with Crippen LogP contribution in [0.2, 0.25) is 0 Å². The molecule has 4 aromatic rings. The number of nitrogen functional groups attached to an aromatic ring is 1. The number of pyridine rings is 2. The molecule has 0 saturated carbocycles. The molecule has 3 aromatic heterocycles. The van der Waals surface area contributed by atoms with Crippen molar-refractivity contribution in [3.05, 3.63) is 60.8 Å². The zero-order chi connectivity index (χ0) is 21.4. The number of rotatable bonds is 3. The molecule has 1 atom stereocenters. The van der Waals surface area contributed by atoms with E-state index in [-0.39, 0.29) is 11.9 Å². The second kappa shape index (κ2) is 7.88. The van der Waals surface area contributed by atoms with Crippen molar-refractivity contribution in [3.63, 3.8) is 0 Å². The molecule has 0 spiro atoms. The highest BCUT2D eigenvalue weighted by molar-refractivity contribution is 5.94. The summed E-state index contributed by atoms with van der Waals surface area (Å²) in [6, 6.07) is 10.5. The van der Waals surface area contributed by atoms with Crippen LogP contribution in [0, 0.1) is 5.82 Å². The van der Waals surface area contributed by atoms with Crippen LogP contribution >= 0.6 is 0 Å². The molecule has 4 N–H and O–H groups in total. The van der Waals surface area contributed by atoms with Crippen molar-refractivity contribution in [1.29, 1.82) is 0 Å². The van der Waals surface area contributed by atoms with E-state index in [9.17, 15) is 4.39 Å². The van der Waals surface area contributed by atoms with Gasteiger partial charge in [0.1, 0.15) is 11.5 Å². The number of halogens is 1. The number of hydrogen-bond acceptors (Lipinski definition) is 7. The molecule has 4 heterocycles. The summed E-state index contributed by atoms with van der Waals surface area (Å²) >= 11 is 0. The fraction of sp³-hybridized carbons (Fsp3) is 0.217. The lowest BCUT2D eigenvalue weighted by molar-refractivity contribution is 0.507. The van der Waals surface area contributed by atoms with Crippen molar-refractivity contribution in [3.8, 4) is 22.8 Å². The number of piperidine rings is 1. The van der Waals surface area contributed by atoms with E-state index in [4.69, 9.17) is 11.5 Å². The molecule has 1 aromatic carbocycles. The van der Waals surface area contributed by atoms with Crippen molar-refractivity contribution in [2.45, 2.75) is 18.9 Å². The van der Waals surface area contributed by atoms with E-state index in [1.54, 1.807) is 30.6 Å². The van der Waals surface area contributed by atoms with Crippen LogP contribution in [0.4, 0.5) is 15.8 Å². The summed E-state index contributed by atoms with van der Waals surface area (Å²) in [5.74, 6) is -0.129. The monoisotopic (exact) mass is 415 g/mol. The van der Waals surface area contributed by atoms with Gasteiger partial charge in [-0.05, 0) is 37.1 Å². The Bertz CT molecular complexity index is 1260. The molecule has 0 radical (unpaired) electrons. The van der Waals surface area contributed by atoms with Gasteiger partial charge in [0.25, 0.3) is 0 Å². The number of benzene rings is 1. The molecule has 8 heteroatoms. The Morgan fingerprint density at radius 1 is 1.06 bits per heavy atom. The minimum absolute atomic E-state index is 0.152. The predicted molar refractivity (Wildman–Crippen MR) is 120 cm³/mol. The molecule has 0 amide bonds. The van der Waals surface area contributed by atoms with Crippen molar-refractivity contribution in [1.82, 2.24) is 19.9 Å². The molecule has 1 aliphatic rings. The molecule has 156 valence electrons. The molecule has 7 nitrogen and oxygen atoms in total. The summed E-state index contributed by atoms with van der Waals surface area (Å²) in [5.41, 5.74) is 15.9. The fourth-order valence-corrected chi connectivity index (χ4v) is 4.04. The third-order valence-corrected chi connectivity index (χ3v) is 5.58. The van der Waals surface area contributed by atoms with Gasteiger partial charge in [-0.1, -0.05) is 12.1 Å². The first-order valence-corrected chi connectivity index (χ1v) is 10.2. The first-order valence-electron chi connectivity index (χ1n) is 10.2. The van der Waals surface area contributed by atoms with E-state index in [1.807, 2.05) is 12.1 Å². The van der Waals surface area contributed by atoms with Crippen LogP contribution in [0.15, 0.2) is 55.0 Å². The Balaban J connectivity index is 1.62. The highest BCUT2D eigenvalue weighted by Crippen LogP contribution is 2.32. The van der Waals surface area contributed by atoms with Crippen molar-refractivity contribution >= 4 is 22.3 Å². The first-order chi connectivity index (χ1) is 15.1. The predicted octanol–water partition coefficient (Wildman–Crippen LogP) is 3.40. The first kappa shape index (κ1) is 19.3. The fourth-order valence-electron chi connectivity index (χ4n) is 4.04. The van der Waals surface area contributed by atoms with E-state index in [2.05, 4.69) is 24.8 Å². The van der Waals surface area contributed by atoms with Crippen molar-refractivity contribution < 1.29 is 4.39 Å². The lowest BCUT2D eigenvalue weighted by Crippen LogP contribution is -2.42. The maximum Gasteiger partial charge on any atom is 0.162 e. The van der Waals surface area contributed by atoms with Gasteiger partial charge in [-0.3, -0.25) is 9.97 Å². The van der Waals surface area contributed by atoms with Gasteiger partial charge in [-0.2, -0.15) is 0 Å². The van der Waals surface area contributed by atoms with E-state index in [0.29, 0.717) is 22.6 Å². The van der Waals surface area contributed by atoms with Gasteiger partial charge < -0.3 is 16.4 Å². The minimum Gasteiger partial charge on any atom is -0.396 e. The quantitative estimate of drug-likeness (QED) is 0.528. The Morgan fingerprint density at radius 2 is 1.94 bits per heavy atom. The lowest BCUT2D eigenvalue weighted by atomic mass is 10.0. The zero-order valence-electron chi connectivity index (χ0n) is 16.9. The summed E-state index contributed by atoms with van der Waals surface area (Å²) in [6.07, 6.45) is 7.07. The second-order valence-corrected chi connectivity index (χ2v) is 7.74. The number of fused-ring (bicyclic) bond motifs is 1. The van der Waals surface area contributed by atoms with E-state index < -0.39 is 5.82 Å². The smallest absolute Gasteiger partial charge is 0.162 e. The van der Waals surface area contributed by atoms with Gasteiger partial charge in [0, 0.05) is 36.4 Å². The van der Waals surface area contributed by atoms with Crippen LogP contribution in [0.3, 0.4) is 0 Å². The van der Waals surface area contributed by atoms with Gasteiger partial charge in [0.2, 0.25) is 0 Å². The molecule has 1 saturated heterocycles. The van der Waals surface area contributed by atoms with Crippen molar-refractivity contribution in [2.75, 3.05) is 23.7 Å². The van der Waals surface area contributed by atoms with Crippen molar-refractivity contribution in [2.24, 2.45) is 5.73 Å². The van der Waals surface area contributed by atoms with E-state index >= 15 is 0 Å². The molecule has 0 aliphatic carbocycles. The maximum absolute atomic E-state index is 14.3. The topological polar surface area (TPSA) is 107 Å². The summed E-state index contributed by atoms with van der Waals surface area (Å²) in [5, 5.41) is 0.951. The summed E-state index contributed by atoms with van der Waals surface area (Å²) < 4.78 is 14.3. The number of nitrogens with zero attached hydrogens (tertiary/aromatic N) is 5. The minimum atomic E-state index is -0.391. The van der Waals surface area contributed by atoms with Gasteiger partial charge in [0.05, 0.1) is 34.9 Å². The van der Waals surface area contributed by atoms with E-state index in [1.165, 1.54) is 12.3 Å². The highest BCUT2D eigenvalue weighted by atomic mass is 19.1. The highest BCUT2D eigenvalue weighted by Gasteiger charge is 2.20. The number of nitrogens with two attached hydrogens (primary N) is 2. The molecule has 1 unspecified atom stereocenters. The van der Waals surface area contributed by atoms with Crippen LogP contribution in [0.25, 0.3) is 33.7 Å². The molecule has 1 fully saturated rings. The van der Waals surface area contributed by atoms with Crippen LogP contribution < -0.4 is 16.4 Å². The van der Waals surface area contributed by atoms with Crippen LogP contribution in [-0.4, -0.2) is 39.1 Å². The average Bonchev–Trinajstić information content (AvgIpc) is 2.79. The Hall–Kier alpha value is -3.65. The Morgan fingerprint density at radius 3 is 2.77 bits per heavy atom. The molecule has 0 bridgehead atoms. The second-order valence-electron chi connectivity index (χ2n) is 7.74. The van der Waals surface area contributed by atoms with Gasteiger partial charge >= 0.3 is 0 Å². The molecular weight excluding hydrogens is 393 g/mol. The molecule has 31 heavy (non-hydrogen) atoms. The standard InChI is InChI=1S/C23H22FN7/c24-17-6-2-1-5-15(17)23-29-11-18(26)22(30-23)19-10-16-20(12-28-19)27-8-7-21(16)31-9-3-4-14(25)13-31/h1-2,5-8,10-12,14H,3-4,9,13,25-26H2. The van der Waals surface area contributed by atoms with Gasteiger partial charge in [0.15, 0.2) is 5.82 Å². The summed E-state index contributed by atoms with van der Waals surface area (Å²) in [4.78, 5) is 20.0. The maximum atomic E-state index is 14.3. The summed E-state index contributed by atoms with van der Waals surface area (Å²) in [7, 11) is 0. The summed E-state index contributed by atoms with van der Waals surface area (Å²) in [6.45, 7) is 1.74. The third-order valence-electron chi connectivity index (χ3n) is 5.58. The Kier molecular flexibility index (Phi) is 4.91. The van der Waals surface area contributed by atoms with Gasteiger partial charge in [-0.15, -0.1) is 0 Å². The lowest BCUT2D eigenvalue weighted by Gasteiger charge is -2.33. The van der Waals surface area contributed by atoms with Gasteiger partial charge in [-0.25, -0.2) is 14.4 Å². The number of anilines is 2. The van der Waals surface area contributed by atoms with E-state index in [0.717, 1.165) is 42.5 Å². The normalized spacial score (nSPS) is 16.6. The molecular formula is C23H22FN7. The van der Waals surface area contributed by atoms with Crippen LogP contribution in [-0.2, 0) is 0 Å². The van der Waals surface area contributed by atoms with Crippen LogP contribution in [0.1, 0.15) is 12.8 Å². The largest absolute Gasteiger partial charge is 0.396 e. The number of aromatic nitrogens is 4. The molecule has 5 rings (SSSR count). The SMILES string of the molecule is Nc1cnc(-c2ccccc2F)nc1-c1cc2c(N3CCCC(N)C3)ccnc2cn1. The number of hydrogen-bond donors (Lipinski definition) is 2. The third kappa shape index (κ3) is 3.66. The Labute approximate surface area is 179 Å². The molecule has 1 aliphatic heterocycles.